The number of carbonyl (C=O) groups excluding carboxylic acids is 3. The van der Waals surface area contributed by atoms with Crippen molar-refractivity contribution in [3.8, 4) is 0 Å². The summed E-state index contributed by atoms with van der Waals surface area (Å²) in [5.41, 5.74) is -0.718. The third kappa shape index (κ3) is 13.0. The molecule has 30 heavy (non-hydrogen) atoms. The molecule has 2 atom stereocenters. The molecule has 0 rings (SSSR count). The maximum Gasteiger partial charge on any atom is 0.408 e. The molecule has 0 aromatic heterocycles. The van der Waals surface area contributed by atoms with Gasteiger partial charge >= 0.3 is 12.1 Å². The Morgan fingerprint density at radius 1 is 0.967 bits per heavy atom. The van der Waals surface area contributed by atoms with Crippen molar-refractivity contribution in [2.75, 3.05) is 6.54 Å². The summed E-state index contributed by atoms with van der Waals surface area (Å²) in [6, 6.07) is -1.93. The monoisotopic (exact) mass is 429 g/mol. The molecule has 0 bridgehead atoms. The minimum absolute atomic E-state index is 0.0425. The number of nitrogens with one attached hydrogen (secondary N) is 3. The number of carboxylic acids is 1. The Bertz CT molecular complexity index is 572. The molecule has 0 aromatic rings. The molecule has 3 amide bonds. The third-order valence-electron chi connectivity index (χ3n) is 4.23. The lowest BCUT2D eigenvalue weighted by atomic mass is 10.0. The molecule has 0 heterocycles. The minimum atomic E-state index is -1.06. The van der Waals surface area contributed by atoms with Gasteiger partial charge in [-0.3, -0.25) is 14.4 Å². The Hall–Kier alpha value is -2.32. The number of carboxylic acid groups (broad SMARTS) is 1. The molecule has 9 nitrogen and oxygen atoms in total. The smallest absolute Gasteiger partial charge is 0.408 e. The van der Waals surface area contributed by atoms with E-state index < -0.39 is 41.6 Å². The van der Waals surface area contributed by atoms with Gasteiger partial charge in [0.05, 0.1) is 0 Å². The van der Waals surface area contributed by atoms with Crippen LogP contribution in [0.2, 0.25) is 0 Å². The molecule has 0 radical (unpaired) electrons. The van der Waals surface area contributed by atoms with Crippen molar-refractivity contribution in [3.63, 3.8) is 0 Å². The van der Waals surface area contributed by atoms with E-state index in [2.05, 4.69) is 22.9 Å². The highest BCUT2D eigenvalue weighted by Crippen LogP contribution is 2.10. The van der Waals surface area contributed by atoms with Crippen molar-refractivity contribution in [1.29, 1.82) is 0 Å². The Balaban J connectivity index is 5.03. The van der Waals surface area contributed by atoms with Crippen LogP contribution in [0.5, 0.6) is 0 Å². The second-order valence-electron chi connectivity index (χ2n) is 8.71. The van der Waals surface area contributed by atoms with E-state index >= 15 is 0 Å². The first-order valence-corrected chi connectivity index (χ1v) is 10.7. The van der Waals surface area contributed by atoms with Crippen LogP contribution in [0.1, 0.15) is 80.1 Å². The number of rotatable bonds is 13. The zero-order valence-electron chi connectivity index (χ0n) is 19.2. The molecule has 9 heteroatoms. The zero-order valence-corrected chi connectivity index (χ0v) is 19.2. The molecule has 0 unspecified atom stereocenters. The van der Waals surface area contributed by atoms with Crippen LogP contribution < -0.4 is 16.0 Å². The highest BCUT2D eigenvalue weighted by Gasteiger charge is 2.30. The summed E-state index contributed by atoms with van der Waals surface area (Å²) < 4.78 is 5.20. The van der Waals surface area contributed by atoms with E-state index in [0.29, 0.717) is 6.54 Å². The van der Waals surface area contributed by atoms with Crippen molar-refractivity contribution in [2.45, 2.75) is 97.8 Å². The molecular weight excluding hydrogens is 390 g/mol. The first kappa shape index (κ1) is 27.7. The molecule has 0 fully saturated rings. The zero-order chi connectivity index (χ0) is 23.3. The van der Waals surface area contributed by atoms with E-state index in [1.807, 2.05) is 0 Å². The minimum Gasteiger partial charge on any atom is -0.481 e. The first-order valence-electron chi connectivity index (χ1n) is 10.7. The van der Waals surface area contributed by atoms with E-state index in [9.17, 15) is 19.2 Å². The number of carbonyl (C=O) groups is 4. The van der Waals surface area contributed by atoms with Gasteiger partial charge in [-0.1, -0.05) is 40.0 Å². The highest BCUT2D eigenvalue weighted by molar-refractivity contribution is 5.91. The topological polar surface area (TPSA) is 134 Å². The molecule has 0 aromatic carbocycles. The molecule has 0 aliphatic heterocycles. The number of hydrogen-bond donors (Lipinski definition) is 4. The Morgan fingerprint density at radius 2 is 1.60 bits per heavy atom. The number of ether oxygens (including phenoxy) is 1. The molecule has 0 saturated carbocycles. The van der Waals surface area contributed by atoms with Gasteiger partial charge in [0, 0.05) is 13.0 Å². The Labute approximate surface area is 179 Å². The number of alkyl carbamates (subject to hydrolysis) is 1. The van der Waals surface area contributed by atoms with Crippen molar-refractivity contribution < 1.29 is 29.0 Å². The lowest BCUT2D eigenvalue weighted by Gasteiger charge is -2.27. The van der Waals surface area contributed by atoms with E-state index in [0.717, 1.165) is 25.7 Å². The lowest BCUT2D eigenvalue weighted by Crippen LogP contribution is -2.56. The van der Waals surface area contributed by atoms with Gasteiger partial charge in [0.1, 0.15) is 17.7 Å². The number of amides is 3. The third-order valence-corrected chi connectivity index (χ3v) is 4.23. The predicted molar refractivity (Wildman–Crippen MR) is 114 cm³/mol. The summed E-state index contributed by atoms with van der Waals surface area (Å²) in [6.45, 7) is 11.2. The van der Waals surface area contributed by atoms with Crippen LogP contribution in [0, 0.1) is 5.92 Å². The molecule has 174 valence electrons. The molecule has 0 aliphatic carbocycles. The van der Waals surface area contributed by atoms with E-state index in [1.165, 1.54) is 0 Å². The standard InChI is InChI=1S/C21H39N3O6/c1-7-8-9-10-13-22-18(27)15(11-12-16(25)26)23-19(28)17(14(2)3)24-20(29)30-21(4,5)6/h14-15,17H,7-13H2,1-6H3,(H,22,27)(H,23,28)(H,24,29)(H,25,26)/t15-,17+/m1/s1. The second kappa shape index (κ2) is 13.8. The largest absolute Gasteiger partial charge is 0.481 e. The van der Waals surface area contributed by atoms with E-state index in [4.69, 9.17) is 9.84 Å². The fourth-order valence-electron chi connectivity index (χ4n) is 2.65. The van der Waals surface area contributed by atoms with Crippen LogP contribution in [0.3, 0.4) is 0 Å². The van der Waals surface area contributed by atoms with Gasteiger partial charge in [0.15, 0.2) is 0 Å². The van der Waals surface area contributed by atoms with Crippen molar-refractivity contribution >= 4 is 23.9 Å². The molecule has 0 saturated heterocycles. The summed E-state index contributed by atoms with van der Waals surface area (Å²) in [5.74, 6) is -2.32. The van der Waals surface area contributed by atoms with Gasteiger partial charge in [0.2, 0.25) is 11.8 Å². The summed E-state index contributed by atoms with van der Waals surface area (Å²) in [6.07, 6.45) is 2.90. The highest BCUT2D eigenvalue weighted by atomic mass is 16.6. The fraction of sp³-hybridized carbons (Fsp3) is 0.810. The Morgan fingerprint density at radius 3 is 2.10 bits per heavy atom. The van der Waals surface area contributed by atoms with Crippen molar-refractivity contribution in [3.05, 3.63) is 0 Å². The average molecular weight is 430 g/mol. The summed E-state index contributed by atoms with van der Waals surface area (Å²) in [4.78, 5) is 48.3. The van der Waals surface area contributed by atoms with Gasteiger partial charge in [-0.05, 0) is 39.5 Å². The summed E-state index contributed by atoms with van der Waals surface area (Å²) in [5, 5.41) is 16.8. The van der Waals surface area contributed by atoms with Gasteiger partial charge in [0.25, 0.3) is 0 Å². The first-order chi connectivity index (χ1) is 13.9. The SMILES string of the molecule is CCCCCCNC(=O)[C@@H](CCC(=O)O)NC(=O)[C@@H](NC(=O)OC(C)(C)C)C(C)C. The van der Waals surface area contributed by atoms with E-state index in [1.54, 1.807) is 34.6 Å². The summed E-state index contributed by atoms with van der Waals surface area (Å²) in [7, 11) is 0. The van der Waals surface area contributed by atoms with Crippen LogP contribution in [0.4, 0.5) is 4.79 Å². The number of aliphatic carboxylic acids is 1. The van der Waals surface area contributed by atoms with E-state index in [-0.39, 0.29) is 18.8 Å². The van der Waals surface area contributed by atoms with Gasteiger partial charge in [-0.2, -0.15) is 0 Å². The second-order valence-corrected chi connectivity index (χ2v) is 8.71. The lowest BCUT2D eigenvalue weighted by molar-refractivity contribution is -0.138. The van der Waals surface area contributed by atoms with Crippen LogP contribution in [-0.4, -0.2) is 53.2 Å². The van der Waals surface area contributed by atoms with Gasteiger partial charge in [-0.15, -0.1) is 0 Å². The molecule has 0 spiro atoms. The predicted octanol–water partition coefficient (Wildman–Crippen LogP) is 2.58. The Kier molecular flexibility index (Phi) is 12.8. The van der Waals surface area contributed by atoms with Crippen LogP contribution in [0.25, 0.3) is 0 Å². The van der Waals surface area contributed by atoms with Gasteiger partial charge in [-0.25, -0.2) is 4.79 Å². The van der Waals surface area contributed by atoms with Crippen LogP contribution in [-0.2, 0) is 19.1 Å². The maximum absolute atomic E-state index is 12.8. The molecule has 0 aliphatic rings. The average Bonchev–Trinajstić information content (AvgIpc) is 2.60. The van der Waals surface area contributed by atoms with Crippen LogP contribution in [0.15, 0.2) is 0 Å². The van der Waals surface area contributed by atoms with Crippen molar-refractivity contribution in [1.82, 2.24) is 16.0 Å². The normalized spacial score (nSPS) is 13.3. The van der Waals surface area contributed by atoms with Gasteiger partial charge < -0.3 is 25.8 Å². The van der Waals surface area contributed by atoms with Crippen LogP contribution >= 0.6 is 0 Å². The maximum atomic E-state index is 12.8. The summed E-state index contributed by atoms with van der Waals surface area (Å²) >= 11 is 0. The van der Waals surface area contributed by atoms with Crippen molar-refractivity contribution in [2.24, 2.45) is 5.92 Å². The number of hydrogen-bond acceptors (Lipinski definition) is 5. The molecular formula is C21H39N3O6. The quantitative estimate of drug-likeness (QED) is 0.333. The molecule has 4 N–H and O–H groups in total. The fourth-order valence-corrected chi connectivity index (χ4v) is 2.65. The number of unbranched alkanes of at least 4 members (excludes halogenated alkanes) is 3.